The van der Waals surface area contributed by atoms with Gasteiger partial charge in [0.25, 0.3) is 0 Å². The van der Waals surface area contributed by atoms with E-state index in [1.54, 1.807) is 18.6 Å². The van der Waals surface area contributed by atoms with Crippen molar-refractivity contribution in [3.63, 3.8) is 0 Å². The van der Waals surface area contributed by atoms with Crippen LogP contribution in [-0.4, -0.2) is 44.6 Å². The molecular formula is C14H14N6O2. The maximum absolute atomic E-state index is 5.29. The lowest BCUT2D eigenvalue weighted by atomic mass is 10.1. The van der Waals surface area contributed by atoms with E-state index in [2.05, 4.69) is 30.4 Å². The number of aromatic amines is 1. The molecule has 0 saturated heterocycles. The van der Waals surface area contributed by atoms with Crippen molar-refractivity contribution >= 4 is 0 Å². The fraction of sp³-hybridized carbons (Fsp3) is 0.214. The third kappa shape index (κ3) is 2.46. The predicted octanol–water partition coefficient (Wildman–Crippen LogP) is 1.65. The van der Waals surface area contributed by atoms with Crippen molar-refractivity contribution in [1.29, 1.82) is 0 Å². The predicted molar refractivity (Wildman–Crippen MR) is 78.5 cm³/mol. The first-order chi connectivity index (χ1) is 10.7. The van der Waals surface area contributed by atoms with E-state index in [1.807, 2.05) is 13.0 Å². The Kier molecular flexibility index (Phi) is 3.65. The molecule has 3 rings (SSSR count). The molecule has 0 saturated carbocycles. The molecule has 0 spiro atoms. The van der Waals surface area contributed by atoms with Crippen LogP contribution in [0.5, 0.6) is 11.9 Å². The van der Waals surface area contributed by atoms with Gasteiger partial charge in [0.05, 0.1) is 31.7 Å². The number of nitrogens with zero attached hydrogens (tertiary/aromatic N) is 5. The Morgan fingerprint density at radius 2 is 1.91 bits per heavy atom. The standard InChI is InChI=1S/C14H14N6O2/c1-8-10(9-5-16-17-6-9)4-12(20-19-8)11-7-15-14(22-3)18-13(11)21-2/h4-7H,1-3H3,(H,16,17). The second-order valence-electron chi connectivity index (χ2n) is 4.50. The number of methoxy groups -OCH3 is 2. The fourth-order valence-electron chi connectivity index (χ4n) is 2.06. The zero-order valence-electron chi connectivity index (χ0n) is 12.4. The number of rotatable bonds is 4. The van der Waals surface area contributed by atoms with Crippen molar-refractivity contribution in [2.45, 2.75) is 6.92 Å². The highest BCUT2D eigenvalue weighted by atomic mass is 16.5. The third-order valence-corrected chi connectivity index (χ3v) is 3.17. The van der Waals surface area contributed by atoms with Crippen LogP contribution in [0.1, 0.15) is 5.69 Å². The number of hydrogen-bond acceptors (Lipinski definition) is 7. The van der Waals surface area contributed by atoms with E-state index >= 15 is 0 Å². The molecule has 8 heteroatoms. The highest BCUT2D eigenvalue weighted by Crippen LogP contribution is 2.30. The molecule has 0 aromatic carbocycles. The van der Waals surface area contributed by atoms with Crippen molar-refractivity contribution in [2.24, 2.45) is 0 Å². The molecule has 0 atom stereocenters. The van der Waals surface area contributed by atoms with Crippen LogP contribution in [0.15, 0.2) is 24.7 Å². The topological polar surface area (TPSA) is 98.7 Å². The monoisotopic (exact) mass is 298 g/mol. The number of aromatic nitrogens is 6. The van der Waals surface area contributed by atoms with Crippen molar-refractivity contribution in [3.8, 4) is 34.3 Å². The van der Waals surface area contributed by atoms with Crippen LogP contribution in [0.2, 0.25) is 0 Å². The molecule has 3 aromatic rings. The maximum atomic E-state index is 5.29. The van der Waals surface area contributed by atoms with E-state index < -0.39 is 0 Å². The summed E-state index contributed by atoms with van der Waals surface area (Å²) in [5.41, 5.74) is 3.92. The minimum Gasteiger partial charge on any atom is -0.480 e. The Bertz CT molecular complexity index is 788. The molecular weight excluding hydrogens is 284 g/mol. The van der Waals surface area contributed by atoms with E-state index in [4.69, 9.17) is 9.47 Å². The summed E-state index contributed by atoms with van der Waals surface area (Å²) in [5.74, 6) is 0.378. The summed E-state index contributed by atoms with van der Waals surface area (Å²) in [6.45, 7) is 1.89. The maximum Gasteiger partial charge on any atom is 0.319 e. The second-order valence-corrected chi connectivity index (χ2v) is 4.50. The summed E-state index contributed by atoms with van der Waals surface area (Å²) in [4.78, 5) is 8.26. The van der Waals surface area contributed by atoms with Gasteiger partial charge in [-0.25, -0.2) is 4.98 Å². The summed E-state index contributed by atoms with van der Waals surface area (Å²) in [6, 6.07) is 2.14. The van der Waals surface area contributed by atoms with Crippen LogP contribution in [0, 0.1) is 6.92 Å². The Balaban J connectivity index is 2.11. The minimum atomic E-state index is 0.232. The summed E-state index contributed by atoms with van der Waals surface area (Å²) < 4.78 is 10.3. The number of ether oxygens (including phenoxy) is 2. The van der Waals surface area contributed by atoms with Gasteiger partial charge in [-0.15, -0.1) is 5.10 Å². The smallest absolute Gasteiger partial charge is 0.319 e. The molecule has 0 bridgehead atoms. The number of aryl methyl sites for hydroxylation is 1. The number of nitrogens with one attached hydrogen (secondary N) is 1. The Hall–Kier alpha value is -3.03. The quantitative estimate of drug-likeness (QED) is 0.781. The largest absolute Gasteiger partial charge is 0.480 e. The van der Waals surface area contributed by atoms with E-state index in [-0.39, 0.29) is 6.01 Å². The molecule has 0 fully saturated rings. The average Bonchev–Trinajstić information content (AvgIpc) is 3.09. The highest BCUT2D eigenvalue weighted by molar-refractivity contribution is 5.72. The molecule has 0 amide bonds. The van der Waals surface area contributed by atoms with Crippen molar-refractivity contribution < 1.29 is 9.47 Å². The van der Waals surface area contributed by atoms with Gasteiger partial charge < -0.3 is 9.47 Å². The first-order valence-corrected chi connectivity index (χ1v) is 6.51. The van der Waals surface area contributed by atoms with Gasteiger partial charge in [-0.2, -0.15) is 15.2 Å². The van der Waals surface area contributed by atoms with Crippen molar-refractivity contribution in [1.82, 2.24) is 30.4 Å². The van der Waals surface area contributed by atoms with Gasteiger partial charge in [0.1, 0.15) is 5.69 Å². The number of H-pyrrole nitrogens is 1. The molecule has 3 aromatic heterocycles. The van der Waals surface area contributed by atoms with E-state index in [9.17, 15) is 0 Å². The zero-order valence-corrected chi connectivity index (χ0v) is 12.4. The van der Waals surface area contributed by atoms with Crippen LogP contribution in [0.3, 0.4) is 0 Å². The summed E-state index contributed by atoms with van der Waals surface area (Å²) in [5, 5.41) is 15.1. The molecule has 0 aliphatic heterocycles. The molecule has 3 heterocycles. The molecule has 0 radical (unpaired) electrons. The lowest BCUT2D eigenvalue weighted by Gasteiger charge is -2.09. The van der Waals surface area contributed by atoms with Gasteiger partial charge >= 0.3 is 6.01 Å². The first kappa shape index (κ1) is 13.9. The molecule has 8 nitrogen and oxygen atoms in total. The van der Waals surface area contributed by atoms with Crippen LogP contribution >= 0.6 is 0 Å². The van der Waals surface area contributed by atoms with Gasteiger partial charge in [-0.05, 0) is 13.0 Å². The van der Waals surface area contributed by atoms with Crippen LogP contribution < -0.4 is 9.47 Å². The second kappa shape index (κ2) is 5.76. The summed E-state index contributed by atoms with van der Waals surface area (Å²) in [7, 11) is 3.03. The van der Waals surface area contributed by atoms with E-state index in [1.165, 1.54) is 14.2 Å². The van der Waals surface area contributed by atoms with Crippen LogP contribution in [-0.2, 0) is 0 Å². The third-order valence-electron chi connectivity index (χ3n) is 3.17. The lowest BCUT2D eigenvalue weighted by molar-refractivity contribution is 0.353. The molecule has 112 valence electrons. The molecule has 1 N–H and O–H groups in total. The van der Waals surface area contributed by atoms with Gasteiger partial charge in [-0.3, -0.25) is 5.10 Å². The molecule has 0 aliphatic carbocycles. The van der Waals surface area contributed by atoms with Gasteiger partial charge in [0.15, 0.2) is 0 Å². The van der Waals surface area contributed by atoms with Gasteiger partial charge in [0.2, 0.25) is 5.88 Å². The molecule has 0 aliphatic rings. The zero-order chi connectivity index (χ0) is 15.5. The lowest BCUT2D eigenvalue weighted by Crippen LogP contribution is -2.00. The van der Waals surface area contributed by atoms with Crippen LogP contribution in [0.4, 0.5) is 0 Å². The Morgan fingerprint density at radius 3 is 2.59 bits per heavy atom. The van der Waals surface area contributed by atoms with Crippen molar-refractivity contribution in [3.05, 3.63) is 30.4 Å². The van der Waals surface area contributed by atoms with Gasteiger partial charge in [-0.1, -0.05) is 0 Å². The van der Waals surface area contributed by atoms with Crippen LogP contribution in [0.25, 0.3) is 22.4 Å². The SMILES string of the molecule is COc1ncc(-c2cc(-c3cn[nH]c3)c(C)nn2)c(OC)n1. The van der Waals surface area contributed by atoms with E-state index in [0.29, 0.717) is 17.1 Å². The summed E-state index contributed by atoms with van der Waals surface area (Å²) in [6.07, 6.45) is 5.13. The molecule has 22 heavy (non-hydrogen) atoms. The summed E-state index contributed by atoms with van der Waals surface area (Å²) >= 11 is 0. The highest BCUT2D eigenvalue weighted by Gasteiger charge is 2.15. The average molecular weight is 298 g/mol. The number of hydrogen-bond donors (Lipinski definition) is 1. The first-order valence-electron chi connectivity index (χ1n) is 6.51. The minimum absolute atomic E-state index is 0.232. The van der Waals surface area contributed by atoms with Crippen molar-refractivity contribution in [2.75, 3.05) is 14.2 Å². The normalized spacial score (nSPS) is 10.5. The Labute approximate surface area is 126 Å². The van der Waals surface area contributed by atoms with E-state index in [0.717, 1.165) is 16.8 Å². The fourth-order valence-corrected chi connectivity index (χ4v) is 2.06. The van der Waals surface area contributed by atoms with Gasteiger partial charge in [0, 0.05) is 23.5 Å². The molecule has 0 unspecified atom stereocenters. The Morgan fingerprint density at radius 1 is 1.05 bits per heavy atom.